The molecule has 12 heteroatoms. The summed E-state index contributed by atoms with van der Waals surface area (Å²) < 4.78 is 23.5. The molecular weight excluding hydrogens is 517 g/mol. The Bertz CT molecular complexity index is 944. The molecule has 0 unspecified atom stereocenters. The summed E-state index contributed by atoms with van der Waals surface area (Å²) in [4.78, 5) is 22.4. The lowest BCUT2D eigenvalue weighted by Crippen LogP contribution is -2.10. The van der Waals surface area contributed by atoms with Gasteiger partial charge in [0, 0.05) is 13.8 Å². The van der Waals surface area contributed by atoms with Gasteiger partial charge in [0.25, 0.3) is 0 Å². The number of esters is 2. The monoisotopic (exact) mass is 522 g/mol. The number of rotatable bonds is 4. The average molecular weight is 525 g/mol. The Morgan fingerprint density at radius 2 is 1.04 bits per heavy atom. The normalized spacial score (nSPS) is 10.9. The average Bonchev–Trinajstić information content (AvgIpc) is 2.57. The van der Waals surface area contributed by atoms with E-state index < -0.39 is 22.7 Å². The Balaban J connectivity index is 2.87. The molecule has 2 aromatic rings. The van der Waals surface area contributed by atoms with Crippen LogP contribution in [0.3, 0.4) is 0 Å². The Kier molecular flexibility index (Phi) is 7.90. The van der Waals surface area contributed by atoms with Crippen LogP contribution in [0.15, 0.2) is 21.9 Å². The highest BCUT2D eigenvalue weighted by Gasteiger charge is 2.30. The van der Waals surface area contributed by atoms with Crippen LogP contribution in [0, 0.1) is 0 Å². The maximum atomic E-state index is 13.4. The van der Waals surface area contributed by atoms with Crippen molar-refractivity contribution in [3.05, 3.63) is 42.3 Å². The predicted octanol–water partition coefficient (Wildman–Crippen LogP) is 6.62. The lowest BCUT2D eigenvalue weighted by molar-refractivity contribution is -0.133. The molecule has 150 valence electrons. The Morgan fingerprint density at radius 3 is 1.32 bits per heavy atom. The molecular formula is C16H8Cl6O5S. The van der Waals surface area contributed by atoms with Gasteiger partial charge in [-0.1, -0.05) is 69.6 Å². The first-order valence-corrected chi connectivity index (χ1v) is 10.5. The molecule has 5 nitrogen and oxygen atoms in total. The Hall–Kier alpha value is -0.730. The first kappa shape index (κ1) is 23.5. The van der Waals surface area contributed by atoms with Crippen LogP contribution < -0.4 is 9.47 Å². The molecule has 0 aliphatic rings. The number of ether oxygens (including phenoxy) is 2. The van der Waals surface area contributed by atoms with Crippen molar-refractivity contribution < 1.29 is 23.3 Å². The van der Waals surface area contributed by atoms with Crippen molar-refractivity contribution in [2.75, 3.05) is 0 Å². The summed E-state index contributed by atoms with van der Waals surface area (Å²) >= 11 is 36.6. The van der Waals surface area contributed by atoms with E-state index >= 15 is 0 Å². The third-order valence-electron chi connectivity index (χ3n) is 3.03. The highest BCUT2D eigenvalue weighted by Crippen LogP contribution is 2.48. The van der Waals surface area contributed by atoms with E-state index in [-0.39, 0.29) is 51.4 Å². The van der Waals surface area contributed by atoms with Crippen LogP contribution in [-0.2, 0) is 20.4 Å². The van der Waals surface area contributed by atoms with Crippen molar-refractivity contribution in [2.45, 2.75) is 23.6 Å². The smallest absolute Gasteiger partial charge is 0.308 e. The number of halogens is 6. The van der Waals surface area contributed by atoms with Crippen LogP contribution >= 0.6 is 69.6 Å². The van der Waals surface area contributed by atoms with E-state index in [9.17, 15) is 13.8 Å². The Labute approximate surface area is 192 Å². The molecule has 0 atom stereocenters. The maximum absolute atomic E-state index is 13.4. The zero-order chi connectivity index (χ0) is 21.3. The van der Waals surface area contributed by atoms with Gasteiger partial charge in [-0.05, 0) is 12.1 Å². The Morgan fingerprint density at radius 1 is 0.714 bits per heavy atom. The molecule has 0 aliphatic heterocycles. The summed E-state index contributed by atoms with van der Waals surface area (Å²) in [5, 5.41) is -0.839. The summed E-state index contributed by atoms with van der Waals surface area (Å²) in [6, 6.07) is 2.42. The third kappa shape index (κ3) is 4.87. The van der Waals surface area contributed by atoms with E-state index in [2.05, 4.69) is 0 Å². The lowest BCUT2D eigenvalue weighted by atomic mass is 10.3. The highest BCUT2D eigenvalue weighted by molar-refractivity contribution is 7.85. The van der Waals surface area contributed by atoms with Crippen molar-refractivity contribution in [1.82, 2.24) is 0 Å². The second-order valence-corrected chi connectivity index (χ2v) is 8.82. The molecule has 0 fully saturated rings. The van der Waals surface area contributed by atoms with Crippen LogP contribution in [0.25, 0.3) is 0 Å². The summed E-state index contributed by atoms with van der Waals surface area (Å²) in [5.41, 5.74) is 0. The molecule has 2 aromatic carbocycles. The highest BCUT2D eigenvalue weighted by atomic mass is 35.5. The first-order valence-electron chi connectivity index (χ1n) is 7.09. The minimum atomic E-state index is -2.32. The van der Waals surface area contributed by atoms with Gasteiger partial charge in [0.2, 0.25) is 0 Å². The van der Waals surface area contributed by atoms with Crippen molar-refractivity contribution >= 4 is 92.3 Å². The second-order valence-electron chi connectivity index (χ2n) is 5.08. The van der Waals surface area contributed by atoms with E-state index in [4.69, 9.17) is 79.1 Å². The largest absolute Gasteiger partial charge is 0.424 e. The maximum Gasteiger partial charge on any atom is 0.308 e. The number of hydrogen-bond acceptors (Lipinski definition) is 5. The molecule has 0 spiro atoms. The van der Waals surface area contributed by atoms with E-state index in [0.29, 0.717) is 0 Å². The molecule has 0 amide bonds. The minimum Gasteiger partial charge on any atom is -0.424 e. The molecule has 0 heterocycles. The fourth-order valence-electron chi connectivity index (χ4n) is 2.02. The lowest BCUT2D eigenvalue weighted by Gasteiger charge is -2.17. The zero-order valence-electron chi connectivity index (χ0n) is 13.9. The van der Waals surface area contributed by atoms with E-state index in [1.165, 1.54) is 12.1 Å². The quantitative estimate of drug-likeness (QED) is 0.255. The van der Waals surface area contributed by atoms with Crippen LogP contribution in [0.1, 0.15) is 13.8 Å². The van der Waals surface area contributed by atoms with Gasteiger partial charge in [-0.3, -0.25) is 9.59 Å². The van der Waals surface area contributed by atoms with E-state index in [1.54, 1.807) is 0 Å². The van der Waals surface area contributed by atoms with Crippen LogP contribution in [0.5, 0.6) is 11.5 Å². The number of benzene rings is 2. The second kappa shape index (κ2) is 9.39. The van der Waals surface area contributed by atoms with Gasteiger partial charge >= 0.3 is 11.9 Å². The fraction of sp³-hybridized carbons (Fsp3) is 0.125. The summed E-state index contributed by atoms with van der Waals surface area (Å²) in [7, 11) is -2.32. The van der Waals surface area contributed by atoms with Gasteiger partial charge in [0.05, 0.1) is 40.9 Å². The van der Waals surface area contributed by atoms with E-state index in [0.717, 1.165) is 13.8 Å². The van der Waals surface area contributed by atoms with Crippen LogP contribution in [0.4, 0.5) is 0 Å². The summed E-state index contributed by atoms with van der Waals surface area (Å²) in [6.07, 6.45) is 0. The number of hydrogen-bond donors (Lipinski definition) is 0. The molecule has 28 heavy (non-hydrogen) atoms. The topological polar surface area (TPSA) is 69.7 Å². The summed E-state index contributed by atoms with van der Waals surface area (Å²) in [5.74, 6) is -2.12. The van der Waals surface area contributed by atoms with Crippen molar-refractivity contribution in [1.29, 1.82) is 0 Å². The van der Waals surface area contributed by atoms with Gasteiger partial charge in [-0.25, -0.2) is 4.21 Å². The standard InChI is InChI=1S/C16H8Cl6O5S/c1-5(23)26-13-9(19)3-7(17)11(21)15(13)28(25)16-12(22)8(18)4-10(20)14(16)27-6(2)24/h3-4H,1-2H3. The van der Waals surface area contributed by atoms with Crippen molar-refractivity contribution in [3.63, 3.8) is 0 Å². The SMILES string of the molecule is CC(=O)Oc1c(Cl)cc(Cl)c(Cl)c1S(=O)c1c(Cl)c(Cl)cc(Cl)c1OC(C)=O. The first-order chi connectivity index (χ1) is 13.0. The predicted molar refractivity (Wildman–Crippen MR) is 110 cm³/mol. The molecule has 0 saturated heterocycles. The minimum absolute atomic E-state index is 0.0656. The molecule has 0 saturated carbocycles. The van der Waals surface area contributed by atoms with E-state index in [1.807, 2.05) is 0 Å². The molecule has 0 aromatic heterocycles. The van der Waals surface area contributed by atoms with Crippen molar-refractivity contribution in [2.24, 2.45) is 0 Å². The molecule has 0 bridgehead atoms. The number of carbonyl (C=O) groups is 2. The van der Waals surface area contributed by atoms with Crippen LogP contribution in [0.2, 0.25) is 30.1 Å². The number of carbonyl (C=O) groups excluding carboxylic acids is 2. The van der Waals surface area contributed by atoms with Gasteiger partial charge in [0.1, 0.15) is 9.79 Å². The van der Waals surface area contributed by atoms with Crippen LogP contribution in [-0.4, -0.2) is 16.1 Å². The van der Waals surface area contributed by atoms with Gasteiger partial charge < -0.3 is 9.47 Å². The molecule has 0 radical (unpaired) electrons. The van der Waals surface area contributed by atoms with Gasteiger partial charge in [-0.15, -0.1) is 0 Å². The zero-order valence-corrected chi connectivity index (χ0v) is 19.2. The molecule has 0 N–H and O–H groups in total. The summed E-state index contributed by atoms with van der Waals surface area (Å²) in [6.45, 7) is 2.22. The third-order valence-corrected chi connectivity index (χ3v) is 6.91. The molecule has 2 rings (SSSR count). The van der Waals surface area contributed by atoms with Gasteiger partial charge in [0.15, 0.2) is 11.5 Å². The fourth-order valence-corrected chi connectivity index (χ4v) is 5.34. The van der Waals surface area contributed by atoms with Gasteiger partial charge in [-0.2, -0.15) is 0 Å². The molecule has 0 aliphatic carbocycles. The van der Waals surface area contributed by atoms with Crippen molar-refractivity contribution in [3.8, 4) is 11.5 Å².